The Kier molecular flexibility index (Phi) is 26.5. The summed E-state index contributed by atoms with van der Waals surface area (Å²) < 4.78 is 0. The monoisotopic (exact) mass is 385 g/mol. The first-order valence-corrected chi connectivity index (χ1v) is 9.66. The van der Waals surface area contributed by atoms with Crippen LogP contribution in [-0.4, -0.2) is 6.54 Å². The molecule has 0 saturated heterocycles. The fraction of sp³-hybridized carbons (Fsp3) is 0.889. The summed E-state index contributed by atoms with van der Waals surface area (Å²) in [5, 5.41) is 1.17. The summed E-state index contributed by atoms with van der Waals surface area (Å²) in [6.07, 6.45) is 23.8. The van der Waals surface area contributed by atoms with Crippen LogP contribution in [-0.2, 0) is 35.5 Å². The molecule has 0 aliphatic carbocycles. The van der Waals surface area contributed by atoms with Gasteiger partial charge in [0.1, 0.15) is 0 Å². The molecule has 0 rings (SSSR count). The summed E-state index contributed by atoms with van der Waals surface area (Å²) >= 11 is 3.48. The van der Waals surface area contributed by atoms with Gasteiger partial charge in [0.05, 0.1) is 0 Å². The minimum atomic E-state index is 0. The molecule has 0 unspecified atom stereocenters. The first-order chi connectivity index (χ1) is 9.91. The molecule has 0 saturated carbocycles. The van der Waals surface area contributed by atoms with E-state index in [1.165, 1.54) is 95.2 Å². The normalized spacial score (nSPS) is 11.0. The molecule has 0 aromatic rings. The molecule has 0 amide bonds. The molecule has 0 atom stereocenters. The van der Waals surface area contributed by atoms with Gasteiger partial charge in [0, 0.05) is 19.5 Å². The van der Waals surface area contributed by atoms with E-state index in [1.807, 2.05) is 0 Å². The van der Waals surface area contributed by atoms with E-state index in [2.05, 4.69) is 28.2 Å². The third-order valence-corrected chi connectivity index (χ3v) is 4.16. The molecule has 1 nitrogen and oxygen atoms in total. The van der Waals surface area contributed by atoms with Gasteiger partial charge in [-0.25, -0.2) is 0 Å². The maximum atomic E-state index is 5.48. The van der Waals surface area contributed by atoms with Gasteiger partial charge < -0.3 is 5.73 Å². The molecule has 2 N–H and O–H groups in total. The van der Waals surface area contributed by atoms with Crippen molar-refractivity contribution in [3.63, 3.8) is 0 Å². The molecule has 21 heavy (non-hydrogen) atoms. The van der Waals surface area contributed by atoms with Crippen molar-refractivity contribution in [3.8, 4) is 0 Å². The quantitative estimate of drug-likeness (QED) is 0.199. The van der Waals surface area contributed by atoms with Crippen molar-refractivity contribution >= 4 is 0 Å². The first-order valence-electron chi connectivity index (χ1n) is 8.83. The molecule has 0 heterocycles. The van der Waals surface area contributed by atoms with Crippen molar-refractivity contribution < 1.29 is 35.5 Å². The minimum absolute atomic E-state index is 0. The molecule has 0 aromatic carbocycles. The average Bonchev–Trinajstić information content (AvgIpc) is 2.47. The molecule has 3 heteroatoms. The van der Waals surface area contributed by atoms with E-state index in [9.17, 15) is 0 Å². The van der Waals surface area contributed by atoms with Gasteiger partial charge in [0.25, 0.3) is 0 Å². The van der Waals surface area contributed by atoms with E-state index in [4.69, 9.17) is 5.73 Å². The molecule has 0 aliphatic heterocycles. The summed E-state index contributed by atoms with van der Waals surface area (Å²) in [5.41, 5.74) is 5.48. The molecule has 0 bridgehead atoms. The van der Waals surface area contributed by atoms with Gasteiger partial charge in [-0.05, 0) is 13.0 Å². The molecule has 0 aliphatic rings. The molecule has 0 fully saturated rings. The van der Waals surface area contributed by atoms with Gasteiger partial charge in [0.15, 0.2) is 0 Å². The maximum Gasteiger partial charge on any atom is 0 e. The fourth-order valence-corrected chi connectivity index (χ4v) is 2.71. The number of allylic oxidation sites excluding steroid dienone is 2. The smallest absolute Gasteiger partial charge is 0 e. The van der Waals surface area contributed by atoms with Crippen molar-refractivity contribution in [3.05, 3.63) is 12.2 Å². The van der Waals surface area contributed by atoms with Crippen LogP contribution in [0.4, 0.5) is 0 Å². The van der Waals surface area contributed by atoms with Crippen LogP contribution in [0.2, 0.25) is 5.32 Å². The van der Waals surface area contributed by atoms with Gasteiger partial charge >= 0.3 is 91.3 Å². The van der Waals surface area contributed by atoms with E-state index in [1.54, 1.807) is 0 Å². The maximum absolute atomic E-state index is 5.48. The van der Waals surface area contributed by atoms with E-state index in [0.717, 1.165) is 6.54 Å². The third-order valence-electron chi connectivity index (χ3n) is 3.75. The zero-order valence-electron chi connectivity index (χ0n) is 14.1. The molecular weight excluding hydrogens is 351 g/mol. The molecular formula is C18H36MnNZn. The Labute approximate surface area is 154 Å². The largest absolute Gasteiger partial charge is 0 e. The van der Waals surface area contributed by atoms with Gasteiger partial charge in [-0.1, -0.05) is 25.7 Å². The predicted octanol–water partition coefficient (Wildman–Crippen LogP) is 5.93. The van der Waals surface area contributed by atoms with Crippen LogP contribution >= 0.6 is 0 Å². The molecule has 0 aromatic heterocycles. The second-order valence-corrected chi connectivity index (χ2v) is 6.36. The Morgan fingerprint density at radius 1 is 0.571 bits per heavy atom. The van der Waals surface area contributed by atoms with Gasteiger partial charge in [-0.15, -0.1) is 0 Å². The van der Waals surface area contributed by atoms with Crippen LogP contribution in [0.1, 0.15) is 89.9 Å². The summed E-state index contributed by atoms with van der Waals surface area (Å²) in [4.78, 5) is 0. The Balaban J connectivity index is 0. The first kappa shape index (κ1) is 24.1. The molecule has 122 valence electrons. The summed E-state index contributed by atoms with van der Waals surface area (Å²) in [5.74, 6) is 0. The van der Waals surface area contributed by atoms with E-state index in [0.29, 0.717) is 0 Å². The van der Waals surface area contributed by atoms with Crippen LogP contribution in [0, 0.1) is 0 Å². The van der Waals surface area contributed by atoms with Gasteiger partial charge in [0.2, 0.25) is 0 Å². The van der Waals surface area contributed by atoms with Crippen molar-refractivity contribution in [2.75, 3.05) is 6.54 Å². The van der Waals surface area contributed by atoms with Crippen LogP contribution in [0.25, 0.3) is 0 Å². The summed E-state index contributed by atoms with van der Waals surface area (Å²) in [7, 11) is 0. The van der Waals surface area contributed by atoms with Crippen LogP contribution in [0.5, 0.6) is 0 Å². The SMILES string of the molecule is NCCCCCCCC/C=C\CCCCCCC[CH2][Mn].[Zn]. The summed E-state index contributed by atoms with van der Waals surface area (Å²) in [6, 6.07) is 0. The van der Waals surface area contributed by atoms with Crippen LogP contribution in [0.3, 0.4) is 0 Å². The van der Waals surface area contributed by atoms with Crippen molar-refractivity contribution in [2.24, 2.45) is 5.73 Å². The fourth-order valence-electron chi connectivity index (χ4n) is 2.41. The van der Waals surface area contributed by atoms with Crippen molar-refractivity contribution in [1.82, 2.24) is 0 Å². The second kappa shape index (κ2) is 23.1. The zero-order valence-corrected chi connectivity index (χ0v) is 18.3. The van der Waals surface area contributed by atoms with Gasteiger partial charge in [-0.2, -0.15) is 0 Å². The number of hydrogen-bond acceptors (Lipinski definition) is 1. The number of nitrogens with two attached hydrogens (primary N) is 1. The second-order valence-electron chi connectivity index (χ2n) is 5.77. The number of unbranched alkanes of at least 4 members (excludes halogenated alkanes) is 12. The zero-order chi connectivity index (χ0) is 14.7. The number of rotatable bonds is 16. The van der Waals surface area contributed by atoms with Crippen molar-refractivity contribution in [2.45, 2.75) is 95.2 Å². The topological polar surface area (TPSA) is 26.0 Å². The molecule has 0 radical (unpaired) electrons. The van der Waals surface area contributed by atoms with Crippen molar-refractivity contribution in [1.29, 1.82) is 0 Å². The Hall–Kier alpha value is 0.843. The Morgan fingerprint density at radius 2 is 0.952 bits per heavy atom. The van der Waals surface area contributed by atoms with Crippen LogP contribution < -0.4 is 5.73 Å². The Morgan fingerprint density at radius 3 is 1.38 bits per heavy atom. The van der Waals surface area contributed by atoms with Crippen LogP contribution in [0.15, 0.2) is 12.2 Å². The van der Waals surface area contributed by atoms with E-state index in [-0.39, 0.29) is 19.5 Å². The third kappa shape index (κ3) is 23.2. The number of hydrogen-bond donors (Lipinski definition) is 1. The van der Waals surface area contributed by atoms with E-state index < -0.39 is 0 Å². The predicted molar refractivity (Wildman–Crippen MR) is 87.6 cm³/mol. The minimum Gasteiger partial charge on any atom is 0 e. The van der Waals surface area contributed by atoms with E-state index >= 15 is 0 Å². The Bertz CT molecular complexity index is 178. The average molecular weight is 387 g/mol. The summed E-state index contributed by atoms with van der Waals surface area (Å²) in [6.45, 7) is 0.860. The standard InChI is InChI=1S/C18H36N.Mn.Zn/c1-2-3-4-5-6-7-8-9-10-11-12-13-14-15-16-17-18-19;;/h9-10H,1-8,11-19H2;;/b10-9-;;. The molecule has 0 spiro atoms. The van der Waals surface area contributed by atoms with Gasteiger partial charge in [-0.3, -0.25) is 0 Å².